The Morgan fingerprint density at radius 2 is 0.652 bits per heavy atom. The van der Waals surface area contributed by atoms with Crippen molar-refractivity contribution in [3.63, 3.8) is 0 Å². The monoisotopic (exact) mass is 653 g/mol. The molecular formula is C43H88O3. The van der Waals surface area contributed by atoms with Crippen LogP contribution in [0.1, 0.15) is 204 Å². The molecule has 0 spiro atoms. The third-order valence-corrected chi connectivity index (χ3v) is 11.0. The molecule has 8 atom stereocenters. The zero-order valence-electron chi connectivity index (χ0n) is 33.3. The van der Waals surface area contributed by atoms with Gasteiger partial charge >= 0.3 is 0 Å². The fourth-order valence-electron chi connectivity index (χ4n) is 7.22. The Kier molecular flexibility index (Phi) is 29.7. The van der Waals surface area contributed by atoms with E-state index in [1.54, 1.807) is 0 Å². The number of hydrogen-bond donors (Lipinski definition) is 2. The van der Waals surface area contributed by atoms with E-state index in [1.165, 1.54) is 116 Å². The molecule has 0 aliphatic heterocycles. The highest BCUT2D eigenvalue weighted by molar-refractivity contribution is 4.71. The largest absolute Gasteiger partial charge is 0.394 e. The van der Waals surface area contributed by atoms with Gasteiger partial charge in [0.15, 0.2) is 0 Å². The summed E-state index contributed by atoms with van der Waals surface area (Å²) in [5.41, 5.74) is 0. The van der Waals surface area contributed by atoms with Gasteiger partial charge in [0, 0.05) is 6.61 Å². The van der Waals surface area contributed by atoms with Gasteiger partial charge in [-0.1, -0.05) is 185 Å². The fraction of sp³-hybridized carbons (Fsp3) is 1.00. The van der Waals surface area contributed by atoms with E-state index in [-0.39, 0.29) is 6.61 Å². The first-order valence-corrected chi connectivity index (χ1v) is 20.7. The molecule has 0 unspecified atom stereocenters. The van der Waals surface area contributed by atoms with Crippen LogP contribution in [0.15, 0.2) is 0 Å². The number of hydrogen-bond acceptors (Lipinski definition) is 3. The van der Waals surface area contributed by atoms with E-state index in [2.05, 4.69) is 69.2 Å². The molecule has 3 heteroatoms. The molecule has 0 bridgehead atoms. The van der Waals surface area contributed by atoms with E-state index in [4.69, 9.17) is 4.74 Å². The zero-order valence-corrected chi connectivity index (χ0v) is 33.3. The molecule has 3 nitrogen and oxygen atoms in total. The van der Waals surface area contributed by atoms with Crippen LogP contribution in [-0.2, 0) is 4.74 Å². The first kappa shape index (κ1) is 45.9. The number of aliphatic hydroxyl groups is 2. The second-order valence-electron chi connectivity index (χ2n) is 17.5. The first-order chi connectivity index (χ1) is 21.8. The highest BCUT2D eigenvalue weighted by atomic mass is 16.5. The minimum atomic E-state index is -0.567. The Morgan fingerprint density at radius 1 is 0.370 bits per heavy atom. The second-order valence-corrected chi connectivity index (χ2v) is 17.5. The minimum Gasteiger partial charge on any atom is -0.394 e. The van der Waals surface area contributed by atoms with Crippen LogP contribution in [0.5, 0.6) is 0 Å². The van der Waals surface area contributed by atoms with E-state index in [9.17, 15) is 10.2 Å². The molecule has 0 saturated carbocycles. The average Bonchev–Trinajstić information content (AvgIpc) is 2.97. The predicted molar refractivity (Wildman–Crippen MR) is 204 cm³/mol. The van der Waals surface area contributed by atoms with Crippen molar-refractivity contribution in [3.05, 3.63) is 0 Å². The molecule has 0 aromatic heterocycles. The van der Waals surface area contributed by atoms with E-state index in [0.29, 0.717) is 18.4 Å². The zero-order chi connectivity index (χ0) is 34.7. The van der Waals surface area contributed by atoms with Gasteiger partial charge < -0.3 is 14.9 Å². The van der Waals surface area contributed by atoms with Crippen LogP contribution in [-0.4, -0.2) is 35.6 Å². The third-order valence-electron chi connectivity index (χ3n) is 11.0. The Hall–Kier alpha value is -0.120. The molecule has 2 N–H and O–H groups in total. The van der Waals surface area contributed by atoms with Crippen LogP contribution >= 0.6 is 0 Å². The minimum absolute atomic E-state index is 0.0916. The lowest BCUT2D eigenvalue weighted by molar-refractivity contribution is -0.0699. The van der Waals surface area contributed by atoms with Gasteiger partial charge in [0.1, 0.15) is 6.10 Å². The standard InChI is InChI=1S/C43H88O3/c1-34(2)17-11-19-36(5)21-13-23-38(7)25-15-27-40(9)29-30-42(45)43(33-44)46-32-31-41(10)28-16-26-39(8)24-14-22-37(6)20-12-18-35(3)4/h34-45H,11-33H2,1-10H3/t36-,37-,38-,39-,40-,41-,42-,43-/m1/s1. The highest BCUT2D eigenvalue weighted by Gasteiger charge is 2.20. The van der Waals surface area contributed by atoms with Gasteiger partial charge in [-0.2, -0.15) is 0 Å². The SMILES string of the molecule is CC(C)CCC[C@@H](C)CCC[C@@H](C)CCC[C@@H](C)CCO[C@H](CO)[C@H](O)CC[C@H](C)CCC[C@H](C)CCC[C@H](C)CCCC(C)C. The van der Waals surface area contributed by atoms with E-state index in [1.807, 2.05) is 0 Å². The van der Waals surface area contributed by atoms with E-state index >= 15 is 0 Å². The molecule has 46 heavy (non-hydrogen) atoms. The lowest BCUT2D eigenvalue weighted by atomic mass is 9.90. The summed E-state index contributed by atoms with van der Waals surface area (Å²) in [5, 5.41) is 20.6. The fourth-order valence-corrected chi connectivity index (χ4v) is 7.22. The average molecular weight is 653 g/mol. The second kappa shape index (κ2) is 29.8. The van der Waals surface area contributed by atoms with Crippen molar-refractivity contribution in [1.82, 2.24) is 0 Å². The lowest BCUT2D eigenvalue weighted by Crippen LogP contribution is -2.33. The molecule has 0 aliphatic rings. The maximum absolute atomic E-state index is 10.7. The summed E-state index contributed by atoms with van der Waals surface area (Å²) in [4.78, 5) is 0. The molecule has 0 amide bonds. The predicted octanol–water partition coefficient (Wildman–Crippen LogP) is 13.0. The highest BCUT2D eigenvalue weighted by Crippen LogP contribution is 2.25. The molecular weight excluding hydrogens is 564 g/mol. The van der Waals surface area contributed by atoms with Gasteiger partial charge in [-0.25, -0.2) is 0 Å². The summed E-state index contributed by atoms with van der Waals surface area (Å²) in [6.45, 7) is 24.3. The number of aliphatic hydroxyl groups excluding tert-OH is 2. The van der Waals surface area contributed by atoms with Crippen LogP contribution in [0.2, 0.25) is 0 Å². The van der Waals surface area contributed by atoms with Gasteiger partial charge in [0.2, 0.25) is 0 Å². The normalized spacial score (nSPS) is 17.6. The van der Waals surface area contributed by atoms with Crippen molar-refractivity contribution < 1.29 is 14.9 Å². The molecule has 0 aromatic carbocycles. The quantitative estimate of drug-likeness (QED) is 0.0741. The maximum Gasteiger partial charge on any atom is 0.106 e. The molecule has 0 aromatic rings. The van der Waals surface area contributed by atoms with Gasteiger partial charge in [-0.05, 0) is 66.6 Å². The van der Waals surface area contributed by atoms with Crippen molar-refractivity contribution in [2.24, 2.45) is 47.3 Å². The van der Waals surface area contributed by atoms with Gasteiger partial charge in [-0.3, -0.25) is 0 Å². The Labute approximate surface area is 291 Å². The molecule has 0 aliphatic carbocycles. The summed E-state index contributed by atoms with van der Waals surface area (Å²) >= 11 is 0. The van der Waals surface area contributed by atoms with Crippen LogP contribution in [0, 0.1) is 47.3 Å². The Morgan fingerprint density at radius 3 is 0.957 bits per heavy atom. The molecule has 0 heterocycles. The van der Waals surface area contributed by atoms with Crippen molar-refractivity contribution in [2.45, 2.75) is 216 Å². The molecule has 0 radical (unpaired) electrons. The topological polar surface area (TPSA) is 49.7 Å². The van der Waals surface area contributed by atoms with E-state index in [0.717, 1.165) is 54.8 Å². The summed E-state index contributed by atoms with van der Waals surface area (Å²) in [6.07, 6.45) is 26.1. The Balaban J connectivity index is 3.93. The van der Waals surface area contributed by atoms with Crippen LogP contribution in [0.25, 0.3) is 0 Å². The lowest BCUT2D eigenvalue weighted by Gasteiger charge is -2.24. The maximum atomic E-state index is 10.7. The number of ether oxygens (including phenoxy) is 1. The first-order valence-electron chi connectivity index (χ1n) is 20.7. The summed E-state index contributed by atoms with van der Waals surface area (Å²) in [5.74, 6) is 6.34. The van der Waals surface area contributed by atoms with E-state index < -0.39 is 12.2 Å². The van der Waals surface area contributed by atoms with Crippen molar-refractivity contribution in [1.29, 1.82) is 0 Å². The van der Waals surface area contributed by atoms with Crippen molar-refractivity contribution >= 4 is 0 Å². The third kappa shape index (κ3) is 28.9. The van der Waals surface area contributed by atoms with Crippen LogP contribution < -0.4 is 0 Å². The van der Waals surface area contributed by atoms with Crippen molar-refractivity contribution in [2.75, 3.05) is 13.2 Å². The van der Waals surface area contributed by atoms with Crippen LogP contribution in [0.4, 0.5) is 0 Å². The molecule has 0 rings (SSSR count). The van der Waals surface area contributed by atoms with Gasteiger partial charge in [0.25, 0.3) is 0 Å². The van der Waals surface area contributed by atoms with Crippen molar-refractivity contribution in [3.8, 4) is 0 Å². The van der Waals surface area contributed by atoms with Gasteiger partial charge in [-0.15, -0.1) is 0 Å². The molecule has 0 fully saturated rings. The molecule has 278 valence electrons. The van der Waals surface area contributed by atoms with Gasteiger partial charge in [0.05, 0.1) is 12.7 Å². The smallest absolute Gasteiger partial charge is 0.106 e. The summed E-state index contributed by atoms with van der Waals surface area (Å²) in [7, 11) is 0. The summed E-state index contributed by atoms with van der Waals surface area (Å²) < 4.78 is 6.00. The van der Waals surface area contributed by atoms with Crippen LogP contribution in [0.3, 0.4) is 0 Å². The number of rotatable bonds is 33. The summed E-state index contributed by atoms with van der Waals surface area (Å²) in [6, 6.07) is 0. The Bertz CT molecular complexity index is 634. The molecule has 0 saturated heterocycles.